The molecule has 0 aromatic heterocycles. The first-order chi connectivity index (χ1) is 15.5. The van der Waals surface area contributed by atoms with Gasteiger partial charge < -0.3 is 14.6 Å². The van der Waals surface area contributed by atoms with Crippen molar-refractivity contribution in [1.29, 1.82) is 0 Å². The fourth-order valence-electron chi connectivity index (χ4n) is 2.88. The normalized spacial score (nSPS) is 16.3. The lowest BCUT2D eigenvalue weighted by atomic mass is 10.1. The Bertz CT molecular complexity index is 1130. The Labute approximate surface area is 190 Å². The van der Waals surface area contributed by atoms with Crippen LogP contribution >= 0.6 is 11.8 Å². The lowest BCUT2D eigenvalue weighted by Gasteiger charge is -2.15. The van der Waals surface area contributed by atoms with E-state index in [2.05, 4.69) is 0 Å². The molecule has 0 bridgehead atoms. The molecule has 1 fully saturated rings. The quantitative estimate of drug-likeness (QED) is 0.544. The Morgan fingerprint density at radius 1 is 1.18 bits per heavy atom. The molecule has 2 amide bonds. The van der Waals surface area contributed by atoms with Gasteiger partial charge >= 0.3 is 12.1 Å². The van der Waals surface area contributed by atoms with Crippen molar-refractivity contribution in [1.82, 2.24) is 0 Å². The van der Waals surface area contributed by atoms with Crippen molar-refractivity contribution in [2.45, 2.75) is 26.1 Å². The molecule has 174 valence electrons. The van der Waals surface area contributed by atoms with Gasteiger partial charge in [0.25, 0.3) is 11.1 Å². The zero-order chi connectivity index (χ0) is 24.3. The number of halogens is 3. The molecule has 2 aromatic rings. The van der Waals surface area contributed by atoms with Crippen molar-refractivity contribution >= 4 is 40.6 Å². The van der Waals surface area contributed by atoms with E-state index in [-0.39, 0.29) is 28.7 Å². The van der Waals surface area contributed by atoms with Crippen LogP contribution in [0.1, 0.15) is 25.0 Å². The predicted molar refractivity (Wildman–Crippen MR) is 115 cm³/mol. The zero-order valence-corrected chi connectivity index (χ0v) is 18.2. The Hall–Kier alpha value is -3.47. The van der Waals surface area contributed by atoms with Crippen molar-refractivity contribution < 1.29 is 42.1 Å². The number of benzene rings is 2. The van der Waals surface area contributed by atoms with E-state index in [4.69, 9.17) is 14.6 Å². The summed E-state index contributed by atoms with van der Waals surface area (Å²) in [5, 5.41) is 8.30. The molecule has 1 atom stereocenters. The van der Waals surface area contributed by atoms with Gasteiger partial charge in [-0.05, 0) is 67.6 Å². The van der Waals surface area contributed by atoms with E-state index < -0.39 is 35.0 Å². The van der Waals surface area contributed by atoms with Crippen molar-refractivity contribution in [2.24, 2.45) is 0 Å². The van der Waals surface area contributed by atoms with Crippen molar-refractivity contribution in [2.75, 3.05) is 11.5 Å². The lowest BCUT2D eigenvalue weighted by molar-refractivity contribution is -0.144. The summed E-state index contributed by atoms with van der Waals surface area (Å²) in [5.74, 6) is -1.51. The number of carboxylic acid groups (broad SMARTS) is 1. The van der Waals surface area contributed by atoms with E-state index in [0.717, 1.165) is 18.2 Å². The Kier molecular flexibility index (Phi) is 7.01. The highest BCUT2D eigenvalue weighted by Gasteiger charge is 2.38. The van der Waals surface area contributed by atoms with Gasteiger partial charge in [0.05, 0.1) is 22.8 Å². The number of alkyl halides is 3. The van der Waals surface area contributed by atoms with Gasteiger partial charge in [0, 0.05) is 0 Å². The molecule has 2 aromatic carbocycles. The molecular formula is C22H18F3NO6S. The fraction of sp³-hybridized carbons (Fsp3) is 0.227. The molecule has 11 heteroatoms. The summed E-state index contributed by atoms with van der Waals surface area (Å²) in [4.78, 5) is 36.9. The molecule has 0 spiro atoms. The fourth-order valence-corrected chi connectivity index (χ4v) is 3.73. The van der Waals surface area contributed by atoms with Gasteiger partial charge in [0.1, 0.15) is 0 Å². The van der Waals surface area contributed by atoms with Crippen molar-refractivity contribution in [3.8, 4) is 11.5 Å². The number of carboxylic acids is 1. The molecule has 7 nitrogen and oxygen atoms in total. The molecule has 3 rings (SSSR count). The van der Waals surface area contributed by atoms with Gasteiger partial charge in [-0.15, -0.1) is 0 Å². The maximum absolute atomic E-state index is 13.0. The SMILES string of the molecule is CCOc1cc(/C=C2/SC(=O)N(c3cccc(C(F)(F)F)c3)C2=O)ccc1OC(C)C(=O)O. The Balaban J connectivity index is 1.90. The minimum Gasteiger partial charge on any atom is -0.490 e. The minimum absolute atomic E-state index is 0.00688. The standard InChI is InChI=1S/C22H18F3NO6S/c1-3-31-17-9-13(7-8-16(17)32-12(2)20(28)29)10-18-19(27)26(21(30)33-18)15-6-4-5-14(11-15)22(23,24)25/h4-12H,3H2,1-2H3,(H,28,29)/b18-10+. The summed E-state index contributed by atoms with van der Waals surface area (Å²) < 4.78 is 49.9. The average Bonchev–Trinajstić information content (AvgIpc) is 3.02. The second-order valence-corrected chi connectivity index (χ2v) is 7.80. The van der Waals surface area contributed by atoms with E-state index in [0.29, 0.717) is 22.2 Å². The first-order valence-electron chi connectivity index (χ1n) is 9.62. The number of aliphatic carboxylic acids is 1. The molecule has 0 radical (unpaired) electrons. The number of carbonyl (C=O) groups is 3. The molecule has 0 aliphatic carbocycles. The van der Waals surface area contributed by atoms with Crippen LogP contribution < -0.4 is 14.4 Å². The first kappa shape index (κ1) is 24.2. The third-order valence-corrected chi connectivity index (χ3v) is 5.31. The second-order valence-electron chi connectivity index (χ2n) is 6.80. The van der Waals surface area contributed by atoms with Gasteiger partial charge in [-0.1, -0.05) is 12.1 Å². The summed E-state index contributed by atoms with van der Waals surface area (Å²) in [6.45, 7) is 3.33. The number of hydrogen-bond donors (Lipinski definition) is 1. The van der Waals surface area contributed by atoms with Crippen LogP contribution in [0.2, 0.25) is 0 Å². The van der Waals surface area contributed by atoms with E-state index in [1.54, 1.807) is 6.92 Å². The van der Waals surface area contributed by atoms with Crippen LogP contribution in [0.15, 0.2) is 47.4 Å². The highest BCUT2D eigenvalue weighted by molar-refractivity contribution is 8.19. The molecule has 33 heavy (non-hydrogen) atoms. The van der Waals surface area contributed by atoms with Gasteiger partial charge in [-0.3, -0.25) is 9.59 Å². The number of thioether (sulfide) groups is 1. The molecule has 0 saturated carbocycles. The summed E-state index contributed by atoms with van der Waals surface area (Å²) in [5.41, 5.74) is -0.712. The molecule has 1 aliphatic rings. The molecule has 1 N–H and O–H groups in total. The first-order valence-corrected chi connectivity index (χ1v) is 10.4. The number of amides is 2. The smallest absolute Gasteiger partial charge is 0.416 e. The molecule has 1 saturated heterocycles. The summed E-state index contributed by atoms with van der Waals surface area (Å²) in [6.07, 6.45) is -4.35. The van der Waals surface area contributed by atoms with Crippen LogP contribution in [0, 0.1) is 0 Å². The summed E-state index contributed by atoms with van der Waals surface area (Å²) in [6, 6.07) is 8.46. The van der Waals surface area contributed by atoms with E-state index >= 15 is 0 Å². The number of anilines is 1. The maximum Gasteiger partial charge on any atom is 0.416 e. The molecule has 1 heterocycles. The van der Waals surface area contributed by atoms with Gasteiger partial charge in [0.15, 0.2) is 17.6 Å². The van der Waals surface area contributed by atoms with Crippen molar-refractivity contribution in [3.63, 3.8) is 0 Å². The number of imide groups is 1. The van der Waals surface area contributed by atoms with Crippen LogP contribution in [0.4, 0.5) is 23.7 Å². The van der Waals surface area contributed by atoms with Gasteiger partial charge in [0.2, 0.25) is 0 Å². The number of ether oxygens (including phenoxy) is 2. The molecular weight excluding hydrogens is 463 g/mol. The van der Waals surface area contributed by atoms with Crippen LogP contribution in [0.25, 0.3) is 6.08 Å². The Morgan fingerprint density at radius 3 is 2.55 bits per heavy atom. The van der Waals surface area contributed by atoms with Crippen LogP contribution in [-0.4, -0.2) is 34.9 Å². The topological polar surface area (TPSA) is 93.1 Å². The third-order valence-electron chi connectivity index (χ3n) is 4.44. The van der Waals surface area contributed by atoms with Crippen LogP contribution in [-0.2, 0) is 15.8 Å². The largest absolute Gasteiger partial charge is 0.490 e. The lowest BCUT2D eigenvalue weighted by Crippen LogP contribution is -2.28. The highest BCUT2D eigenvalue weighted by Crippen LogP contribution is 2.39. The van der Waals surface area contributed by atoms with Gasteiger partial charge in [-0.25, -0.2) is 9.69 Å². The van der Waals surface area contributed by atoms with Crippen LogP contribution in [0.5, 0.6) is 11.5 Å². The summed E-state index contributed by atoms with van der Waals surface area (Å²) >= 11 is 0.590. The molecule has 1 unspecified atom stereocenters. The summed E-state index contributed by atoms with van der Waals surface area (Å²) in [7, 11) is 0. The molecule has 1 aliphatic heterocycles. The van der Waals surface area contributed by atoms with E-state index in [1.807, 2.05) is 0 Å². The average molecular weight is 481 g/mol. The van der Waals surface area contributed by atoms with Crippen LogP contribution in [0.3, 0.4) is 0 Å². The number of hydrogen-bond acceptors (Lipinski definition) is 6. The maximum atomic E-state index is 13.0. The minimum atomic E-state index is -4.62. The second kappa shape index (κ2) is 9.57. The van der Waals surface area contributed by atoms with E-state index in [9.17, 15) is 27.6 Å². The monoisotopic (exact) mass is 481 g/mol. The Morgan fingerprint density at radius 2 is 1.91 bits per heavy atom. The third kappa shape index (κ3) is 5.48. The zero-order valence-electron chi connectivity index (χ0n) is 17.4. The van der Waals surface area contributed by atoms with Gasteiger partial charge in [-0.2, -0.15) is 13.2 Å². The highest BCUT2D eigenvalue weighted by atomic mass is 32.2. The number of nitrogens with zero attached hydrogens (tertiary/aromatic N) is 1. The van der Waals surface area contributed by atoms with E-state index in [1.165, 1.54) is 37.3 Å². The number of rotatable bonds is 7. The predicted octanol–water partition coefficient (Wildman–Crippen LogP) is 5.20. The number of carbonyl (C=O) groups excluding carboxylic acids is 2. The van der Waals surface area contributed by atoms with Crippen molar-refractivity contribution in [3.05, 3.63) is 58.5 Å².